The predicted octanol–water partition coefficient (Wildman–Crippen LogP) is 3.68. The third kappa shape index (κ3) is 1.75. The minimum Gasteiger partial charge on any atom is -0.475 e. The number of aryl methyl sites for hydroxylation is 2. The number of hydrogen-bond donors (Lipinski definition) is 0. The summed E-state index contributed by atoms with van der Waals surface area (Å²) in [5.41, 5.74) is 2.59. The molecule has 2 nitrogen and oxygen atoms in total. The number of nitrogens with zero attached hydrogens (tertiary/aromatic N) is 1. The van der Waals surface area contributed by atoms with Crippen molar-refractivity contribution in [3.8, 4) is 0 Å². The molecule has 0 spiro atoms. The zero-order valence-electron chi connectivity index (χ0n) is 10.3. The monoisotopic (exact) mass is 245 g/mol. The van der Waals surface area contributed by atoms with E-state index < -0.39 is 0 Å². The van der Waals surface area contributed by atoms with Crippen molar-refractivity contribution in [3.63, 3.8) is 0 Å². The summed E-state index contributed by atoms with van der Waals surface area (Å²) < 4.78 is 6.97. The van der Waals surface area contributed by atoms with E-state index in [1.807, 2.05) is 0 Å². The van der Waals surface area contributed by atoms with Crippen LogP contribution in [0.4, 0.5) is 0 Å². The number of thiophene rings is 1. The van der Waals surface area contributed by atoms with Gasteiger partial charge in [0.1, 0.15) is 6.61 Å². The van der Waals surface area contributed by atoms with E-state index in [1.165, 1.54) is 26.1 Å². The first kappa shape index (κ1) is 10.8. The van der Waals surface area contributed by atoms with Crippen LogP contribution in [0.5, 0.6) is 0 Å². The highest BCUT2D eigenvalue weighted by atomic mass is 32.1. The van der Waals surface area contributed by atoms with Crippen molar-refractivity contribution < 1.29 is 4.74 Å². The van der Waals surface area contributed by atoms with E-state index in [0.717, 1.165) is 5.90 Å². The lowest BCUT2D eigenvalue weighted by molar-refractivity contribution is 0.324. The molecular formula is C14H15NOS. The van der Waals surface area contributed by atoms with E-state index in [0.29, 0.717) is 6.61 Å². The Morgan fingerprint density at radius 2 is 2.18 bits per heavy atom. The first-order valence-electron chi connectivity index (χ1n) is 5.86. The van der Waals surface area contributed by atoms with Gasteiger partial charge in [-0.3, -0.25) is 0 Å². The Hall–Kier alpha value is -1.35. The lowest BCUT2D eigenvalue weighted by Crippen LogP contribution is -2.01. The standard InChI is InChI=1S/C14H15NOS/c1-8-4-5-12-11(6-8)10(3)13(17-12)14-15-9(2)7-16-14/h4-6,9H,7H2,1-3H3. The quantitative estimate of drug-likeness (QED) is 0.751. The van der Waals surface area contributed by atoms with Gasteiger partial charge in [0, 0.05) is 4.70 Å². The highest BCUT2D eigenvalue weighted by molar-refractivity contribution is 7.21. The van der Waals surface area contributed by atoms with Crippen LogP contribution in [0.3, 0.4) is 0 Å². The second kappa shape index (κ2) is 3.84. The number of aliphatic imine (C=N–C) groups is 1. The van der Waals surface area contributed by atoms with E-state index in [1.54, 1.807) is 11.3 Å². The number of rotatable bonds is 1. The first-order valence-corrected chi connectivity index (χ1v) is 6.67. The molecule has 0 saturated heterocycles. The molecule has 0 bridgehead atoms. The molecule has 3 heteroatoms. The second-order valence-corrected chi connectivity index (χ2v) is 5.70. The Bertz CT molecular complexity index is 612. The molecule has 0 fully saturated rings. The maximum atomic E-state index is 5.65. The SMILES string of the molecule is Cc1ccc2sc(C3=NC(C)CO3)c(C)c2c1. The third-order valence-electron chi connectivity index (χ3n) is 3.08. The van der Waals surface area contributed by atoms with Crippen molar-refractivity contribution in [3.05, 3.63) is 34.2 Å². The Morgan fingerprint density at radius 3 is 2.88 bits per heavy atom. The van der Waals surface area contributed by atoms with Crippen molar-refractivity contribution in [2.45, 2.75) is 26.8 Å². The Labute approximate surface area is 105 Å². The van der Waals surface area contributed by atoms with Crippen LogP contribution in [-0.2, 0) is 4.74 Å². The molecule has 0 N–H and O–H groups in total. The molecule has 2 aromatic rings. The van der Waals surface area contributed by atoms with Crippen LogP contribution in [0, 0.1) is 13.8 Å². The molecule has 0 aliphatic carbocycles. The van der Waals surface area contributed by atoms with Gasteiger partial charge < -0.3 is 4.74 Å². The predicted molar refractivity (Wildman–Crippen MR) is 73.3 cm³/mol. The van der Waals surface area contributed by atoms with E-state index >= 15 is 0 Å². The van der Waals surface area contributed by atoms with Crippen molar-refractivity contribution in [2.24, 2.45) is 4.99 Å². The van der Waals surface area contributed by atoms with Gasteiger partial charge in [-0.05, 0) is 37.8 Å². The summed E-state index contributed by atoms with van der Waals surface area (Å²) in [6, 6.07) is 6.87. The fourth-order valence-corrected chi connectivity index (χ4v) is 3.28. The minimum absolute atomic E-state index is 0.288. The average Bonchev–Trinajstić information content (AvgIpc) is 2.84. The van der Waals surface area contributed by atoms with Crippen molar-refractivity contribution in [2.75, 3.05) is 6.61 Å². The lowest BCUT2D eigenvalue weighted by atomic mass is 10.1. The molecule has 1 aliphatic heterocycles. The van der Waals surface area contributed by atoms with Crippen molar-refractivity contribution in [1.29, 1.82) is 0 Å². The average molecular weight is 245 g/mol. The summed E-state index contributed by atoms with van der Waals surface area (Å²) in [7, 11) is 0. The van der Waals surface area contributed by atoms with Crippen LogP contribution in [0.15, 0.2) is 23.2 Å². The maximum absolute atomic E-state index is 5.65. The summed E-state index contributed by atoms with van der Waals surface area (Å²) in [5.74, 6) is 0.828. The van der Waals surface area contributed by atoms with Gasteiger partial charge in [-0.25, -0.2) is 4.99 Å². The van der Waals surface area contributed by atoms with Gasteiger partial charge >= 0.3 is 0 Å². The van der Waals surface area contributed by atoms with Gasteiger partial charge in [0.25, 0.3) is 0 Å². The molecule has 1 aromatic heterocycles. The first-order chi connectivity index (χ1) is 8.15. The topological polar surface area (TPSA) is 21.6 Å². The summed E-state index contributed by atoms with van der Waals surface area (Å²) in [4.78, 5) is 5.73. The summed E-state index contributed by atoms with van der Waals surface area (Å²) in [5, 5.41) is 1.33. The number of hydrogen-bond acceptors (Lipinski definition) is 3. The van der Waals surface area contributed by atoms with Crippen molar-refractivity contribution in [1.82, 2.24) is 0 Å². The van der Waals surface area contributed by atoms with Gasteiger partial charge in [-0.1, -0.05) is 17.7 Å². The third-order valence-corrected chi connectivity index (χ3v) is 4.35. The molecule has 1 aromatic carbocycles. The summed E-state index contributed by atoms with van der Waals surface area (Å²) in [6.45, 7) is 7.08. The fourth-order valence-electron chi connectivity index (χ4n) is 2.14. The van der Waals surface area contributed by atoms with E-state index in [9.17, 15) is 0 Å². The smallest absolute Gasteiger partial charge is 0.227 e. The van der Waals surface area contributed by atoms with Crippen LogP contribution in [0.2, 0.25) is 0 Å². The molecule has 1 aliphatic rings. The Balaban J connectivity index is 2.18. The Kier molecular flexibility index (Phi) is 2.44. The normalized spacial score (nSPS) is 19.5. The van der Waals surface area contributed by atoms with E-state index in [2.05, 4.69) is 44.0 Å². The molecule has 0 amide bonds. The van der Waals surface area contributed by atoms with Crippen LogP contribution < -0.4 is 0 Å². The zero-order valence-corrected chi connectivity index (χ0v) is 11.1. The molecule has 1 atom stereocenters. The molecule has 3 rings (SSSR count). The molecule has 1 unspecified atom stereocenters. The zero-order chi connectivity index (χ0) is 12.0. The summed E-state index contributed by atoms with van der Waals surface area (Å²) in [6.07, 6.45) is 0. The van der Waals surface area contributed by atoms with E-state index in [4.69, 9.17) is 4.74 Å². The number of fused-ring (bicyclic) bond motifs is 1. The highest BCUT2D eigenvalue weighted by Crippen LogP contribution is 2.33. The Morgan fingerprint density at radius 1 is 1.35 bits per heavy atom. The molecule has 2 heterocycles. The van der Waals surface area contributed by atoms with Crippen LogP contribution in [0.1, 0.15) is 22.9 Å². The largest absolute Gasteiger partial charge is 0.475 e. The fraction of sp³-hybridized carbons (Fsp3) is 0.357. The molecule has 0 radical (unpaired) electrons. The van der Waals surface area contributed by atoms with Gasteiger partial charge in [-0.15, -0.1) is 11.3 Å². The second-order valence-electron chi connectivity index (χ2n) is 4.65. The van der Waals surface area contributed by atoms with Gasteiger partial charge in [0.05, 0.1) is 10.9 Å². The molecule has 17 heavy (non-hydrogen) atoms. The number of ether oxygens (including phenoxy) is 1. The molecule has 0 saturated carbocycles. The van der Waals surface area contributed by atoms with Gasteiger partial charge in [-0.2, -0.15) is 0 Å². The van der Waals surface area contributed by atoms with Crippen LogP contribution in [0.25, 0.3) is 10.1 Å². The highest BCUT2D eigenvalue weighted by Gasteiger charge is 2.21. The molecule has 88 valence electrons. The lowest BCUT2D eigenvalue weighted by Gasteiger charge is -1.99. The van der Waals surface area contributed by atoms with Crippen LogP contribution >= 0.6 is 11.3 Å². The number of benzene rings is 1. The maximum Gasteiger partial charge on any atom is 0.227 e. The van der Waals surface area contributed by atoms with Gasteiger partial charge in [0.2, 0.25) is 5.90 Å². The van der Waals surface area contributed by atoms with Gasteiger partial charge in [0.15, 0.2) is 0 Å². The van der Waals surface area contributed by atoms with Crippen LogP contribution in [-0.4, -0.2) is 18.5 Å². The summed E-state index contributed by atoms with van der Waals surface area (Å²) >= 11 is 1.78. The van der Waals surface area contributed by atoms with Crippen molar-refractivity contribution >= 4 is 27.3 Å². The van der Waals surface area contributed by atoms with E-state index in [-0.39, 0.29) is 6.04 Å². The minimum atomic E-state index is 0.288. The molecular weight excluding hydrogens is 230 g/mol.